The smallest absolute Gasteiger partial charge is 0.297 e. The lowest BCUT2D eigenvalue weighted by Gasteiger charge is -2.16. The van der Waals surface area contributed by atoms with Gasteiger partial charge >= 0.3 is 0 Å². The molecule has 0 saturated carbocycles. The average molecular weight is 585 g/mol. The number of anilines is 2. The fourth-order valence-corrected chi connectivity index (χ4v) is 7.16. The molecule has 0 saturated heterocycles. The Balaban J connectivity index is 2.39. The monoisotopic (exact) mass is 584 g/mol. The van der Waals surface area contributed by atoms with Crippen molar-refractivity contribution in [2.45, 2.75) is 20.7 Å². The van der Waals surface area contributed by atoms with Gasteiger partial charge in [-0.25, -0.2) is 0 Å². The second kappa shape index (κ2) is 10.4. The molecule has 0 aliphatic rings. The van der Waals surface area contributed by atoms with Gasteiger partial charge < -0.3 is 22.9 Å². The Kier molecular flexibility index (Phi) is 8.02. The zero-order valence-electron chi connectivity index (χ0n) is 19.4. The molecule has 0 heterocycles. The Labute approximate surface area is 219 Å². The van der Waals surface area contributed by atoms with Gasteiger partial charge in [-0.15, -0.1) is 0 Å². The SMILES string of the molecule is NCC(N)c1cc(N)ccc1C=Cc1ccc(N)cc1-c1ccc(S(=O)(=O)O)c(S(=O)(=O)O)c1S(=O)(=O)O. The minimum Gasteiger partial charge on any atom is -0.399 e. The van der Waals surface area contributed by atoms with Crippen molar-refractivity contribution in [3.05, 3.63) is 65.2 Å². The zero-order chi connectivity index (χ0) is 28.6. The molecule has 0 spiro atoms. The molecule has 204 valence electrons. The van der Waals surface area contributed by atoms with E-state index in [1.807, 2.05) is 0 Å². The highest BCUT2D eigenvalue weighted by Crippen LogP contribution is 2.39. The van der Waals surface area contributed by atoms with Crippen molar-refractivity contribution in [2.24, 2.45) is 11.5 Å². The van der Waals surface area contributed by atoms with Crippen LogP contribution in [0.25, 0.3) is 23.3 Å². The molecule has 11 N–H and O–H groups in total. The van der Waals surface area contributed by atoms with E-state index in [1.165, 1.54) is 24.3 Å². The summed E-state index contributed by atoms with van der Waals surface area (Å²) in [4.78, 5) is -4.67. The van der Waals surface area contributed by atoms with E-state index in [0.29, 0.717) is 22.9 Å². The van der Waals surface area contributed by atoms with Crippen LogP contribution in [0.5, 0.6) is 0 Å². The van der Waals surface area contributed by atoms with Gasteiger partial charge in [0.25, 0.3) is 30.4 Å². The average Bonchev–Trinajstić information content (AvgIpc) is 2.80. The van der Waals surface area contributed by atoms with Crippen molar-refractivity contribution in [3.8, 4) is 11.1 Å². The summed E-state index contributed by atoms with van der Waals surface area (Å²) in [6.07, 6.45) is 3.08. The molecule has 13 nitrogen and oxygen atoms in total. The quantitative estimate of drug-likeness (QED) is 0.112. The first-order valence-corrected chi connectivity index (χ1v) is 14.8. The summed E-state index contributed by atoms with van der Waals surface area (Å²) in [6, 6.07) is 9.86. The first kappa shape index (κ1) is 29.2. The number of nitrogen functional groups attached to an aromatic ring is 2. The van der Waals surface area contributed by atoms with Crippen LogP contribution in [-0.4, -0.2) is 45.5 Å². The first-order valence-electron chi connectivity index (χ1n) is 10.5. The van der Waals surface area contributed by atoms with Gasteiger partial charge in [-0.2, -0.15) is 25.3 Å². The molecule has 1 unspecified atom stereocenters. The molecule has 3 aromatic carbocycles. The Bertz CT molecular complexity index is 1770. The van der Waals surface area contributed by atoms with Gasteiger partial charge in [-0.05, 0) is 52.6 Å². The minimum absolute atomic E-state index is 0.0687. The molecule has 3 aromatic rings. The van der Waals surface area contributed by atoms with Crippen LogP contribution in [0, 0.1) is 0 Å². The van der Waals surface area contributed by atoms with Crippen molar-refractivity contribution in [1.82, 2.24) is 0 Å². The Morgan fingerprint density at radius 1 is 0.684 bits per heavy atom. The molecule has 3 rings (SSSR count). The van der Waals surface area contributed by atoms with Gasteiger partial charge in [0.05, 0.1) is 0 Å². The van der Waals surface area contributed by atoms with Crippen LogP contribution in [0.2, 0.25) is 0 Å². The van der Waals surface area contributed by atoms with E-state index in [-0.39, 0.29) is 23.4 Å². The predicted octanol–water partition coefficient (Wildman–Crippen LogP) is 1.39. The van der Waals surface area contributed by atoms with E-state index in [4.69, 9.17) is 22.9 Å². The molecular weight excluding hydrogens is 560 g/mol. The fourth-order valence-electron chi connectivity index (χ4n) is 3.79. The topological polar surface area (TPSA) is 267 Å². The fraction of sp³-hybridized carbons (Fsp3) is 0.0909. The molecule has 1 atom stereocenters. The third kappa shape index (κ3) is 6.20. The van der Waals surface area contributed by atoms with Crippen molar-refractivity contribution < 1.29 is 38.9 Å². The number of hydrogen-bond donors (Lipinski definition) is 7. The standard InChI is InChI=1S/C22H24N4O9S3/c23-11-19(26)18-10-15(25)6-4-13(18)2-1-12-3-5-14(24)9-17(12)16-7-8-20(36(27,28)29)22(38(33,34)35)21(16)37(30,31)32/h1-10,19H,11,23-26H2,(H,27,28,29)(H,30,31,32)(H,33,34,35). The van der Waals surface area contributed by atoms with E-state index in [0.717, 1.165) is 6.07 Å². The minimum atomic E-state index is -5.63. The molecule has 0 aliphatic heterocycles. The summed E-state index contributed by atoms with van der Waals surface area (Å²) in [5, 5.41) is 0. The molecule has 0 fully saturated rings. The van der Waals surface area contributed by atoms with Gasteiger partial charge in [0, 0.05) is 29.5 Å². The van der Waals surface area contributed by atoms with Crippen molar-refractivity contribution >= 4 is 53.9 Å². The molecule has 0 radical (unpaired) electrons. The van der Waals surface area contributed by atoms with Crippen LogP contribution in [0.3, 0.4) is 0 Å². The molecule has 38 heavy (non-hydrogen) atoms. The number of nitrogens with two attached hydrogens (primary N) is 4. The van der Waals surface area contributed by atoms with Crippen LogP contribution in [0.4, 0.5) is 11.4 Å². The van der Waals surface area contributed by atoms with Gasteiger partial charge in [-0.1, -0.05) is 30.4 Å². The maximum absolute atomic E-state index is 12.4. The summed E-state index contributed by atoms with van der Waals surface area (Å²) in [5.74, 6) is 0. The van der Waals surface area contributed by atoms with Crippen LogP contribution in [0.1, 0.15) is 22.7 Å². The van der Waals surface area contributed by atoms with Crippen LogP contribution < -0.4 is 22.9 Å². The highest BCUT2D eigenvalue weighted by Gasteiger charge is 2.35. The lowest BCUT2D eigenvalue weighted by atomic mass is 9.96. The maximum atomic E-state index is 12.4. The Morgan fingerprint density at radius 3 is 1.74 bits per heavy atom. The van der Waals surface area contributed by atoms with E-state index >= 15 is 0 Å². The van der Waals surface area contributed by atoms with Crippen molar-refractivity contribution in [1.29, 1.82) is 0 Å². The molecule has 0 aromatic heterocycles. The van der Waals surface area contributed by atoms with E-state index in [2.05, 4.69) is 0 Å². The van der Waals surface area contributed by atoms with Gasteiger partial charge in [0.1, 0.15) is 14.7 Å². The Morgan fingerprint density at radius 2 is 1.21 bits per heavy atom. The van der Waals surface area contributed by atoms with Gasteiger partial charge in [0.15, 0.2) is 0 Å². The summed E-state index contributed by atoms with van der Waals surface area (Å²) in [5.41, 5.74) is 24.8. The molecule has 16 heteroatoms. The first-order chi connectivity index (χ1) is 17.4. The highest BCUT2D eigenvalue weighted by molar-refractivity contribution is 7.90. The molecular formula is C22H24N4O9S3. The lowest BCUT2D eigenvalue weighted by molar-refractivity contribution is 0.456. The lowest BCUT2D eigenvalue weighted by Crippen LogP contribution is -2.21. The Hall–Kier alpha value is -3.35. The van der Waals surface area contributed by atoms with E-state index in [9.17, 15) is 38.9 Å². The zero-order valence-corrected chi connectivity index (χ0v) is 21.8. The second-order valence-electron chi connectivity index (χ2n) is 8.11. The number of hydrogen-bond acceptors (Lipinski definition) is 10. The molecule has 0 bridgehead atoms. The maximum Gasteiger partial charge on any atom is 0.297 e. The number of benzene rings is 3. The third-order valence-corrected chi connectivity index (χ3v) is 8.48. The normalized spacial score (nSPS) is 13.6. The highest BCUT2D eigenvalue weighted by atomic mass is 32.2. The van der Waals surface area contributed by atoms with Gasteiger partial charge in [0.2, 0.25) is 0 Å². The van der Waals surface area contributed by atoms with E-state index < -0.39 is 56.6 Å². The van der Waals surface area contributed by atoms with Gasteiger partial charge in [-0.3, -0.25) is 13.7 Å². The van der Waals surface area contributed by atoms with Crippen molar-refractivity contribution in [3.63, 3.8) is 0 Å². The summed E-state index contributed by atoms with van der Waals surface area (Å²) < 4.78 is 102. The molecule has 0 amide bonds. The number of rotatable bonds is 8. The molecule has 0 aliphatic carbocycles. The second-order valence-corrected chi connectivity index (χ2v) is 12.2. The summed E-state index contributed by atoms with van der Waals surface area (Å²) in [6.45, 7) is 0.105. The van der Waals surface area contributed by atoms with Crippen molar-refractivity contribution in [2.75, 3.05) is 18.0 Å². The predicted molar refractivity (Wildman–Crippen MR) is 141 cm³/mol. The van der Waals surface area contributed by atoms with Crippen LogP contribution in [-0.2, 0) is 30.4 Å². The van der Waals surface area contributed by atoms with Crippen LogP contribution in [0.15, 0.2) is 63.2 Å². The summed E-state index contributed by atoms with van der Waals surface area (Å²) >= 11 is 0. The largest absolute Gasteiger partial charge is 0.399 e. The summed E-state index contributed by atoms with van der Waals surface area (Å²) in [7, 11) is -16.5. The van der Waals surface area contributed by atoms with E-state index in [1.54, 1.807) is 24.3 Å². The van der Waals surface area contributed by atoms with Crippen LogP contribution >= 0.6 is 0 Å². The third-order valence-electron chi connectivity index (χ3n) is 5.44.